The molecule has 0 aliphatic rings. The molecule has 0 amide bonds. The molecule has 1 aromatic carbocycles. The molecule has 2 aromatic heterocycles. The van der Waals surface area contributed by atoms with E-state index in [1.165, 1.54) is 22.6 Å². The van der Waals surface area contributed by atoms with Gasteiger partial charge < -0.3 is 5.32 Å². The maximum absolute atomic E-state index is 12.9. The predicted octanol–water partition coefficient (Wildman–Crippen LogP) is 4.76. The van der Waals surface area contributed by atoms with Crippen LogP contribution in [0.1, 0.15) is 16.0 Å². The van der Waals surface area contributed by atoms with Crippen LogP contribution in [0.2, 0.25) is 5.28 Å². The van der Waals surface area contributed by atoms with Crippen LogP contribution in [0.15, 0.2) is 24.3 Å². The lowest BCUT2D eigenvalue weighted by atomic mass is 10.1. The van der Waals surface area contributed by atoms with Crippen LogP contribution in [0, 0.1) is 19.7 Å². The molecule has 0 bridgehead atoms. The molecule has 0 aliphatic carbocycles. The number of fused-ring (bicyclic) bond motifs is 1. The van der Waals surface area contributed by atoms with Crippen molar-refractivity contribution in [2.45, 2.75) is 20.3 Å². The van der Waals surface area contributed by atoms with Gasteiger partial charge in [-0.15, -0.1) is 11.3 Å². The van der Waals surface area contributed by atoms with E-state index in [9.17, 15) is 4.39 Å². The number of thiophene rings is 1. The highest BCUT2D eigenvalue weighted by Gasteiger charge is 2.13. The van der Waals surface area contributed by atoms with Crippen LogP contribution in [0.5, 0.6) is 0 Å². The van der Waals surface area contributed by atoms with E-state index in [2.05, 4.69) is 29.1 Å². The molecule has 6 heteroatoms. The molecule has 0 saturated carbocycles. The van der Waals surface area contributed by atoms with Gasteiger partial charge >= 0.3 is 0 Å². The van der Waals surface area contributed by atoms with E-state index in [4.69, 9.17) is 11.6 Å². The van der Waals surface area contributed by atoms with Gasteiger partial charge in [-0.05, 0) is 55.1 Å². The highest BCUT2D eigenvalue weighted by molar-refractivity contribution is 7.18. The summed E-state index contributed by atoms with van der Waals surface area (Å²) in [5.41, 5.74) is 2.25. The summed E-state index contributed by atoms with van der Waals surface area (Å²) in [7, 11) is 0. The Bertz CT molecular complexity index is 814. The van der Waals surface area contributed by atoms with Crippen molar-refractivity contribution in [3.8, 4) is 0 Å². The zero-order valence-corrected chi connectivity index (χ0v) is 13.9. The molecular formula is C16H15ClFN3S. The van der Waals surface area contributed by atoms with E-state index in [1.807, 2.05) is 0 Å². The maximum atomic E-state index is 12.9. The summed E-state index contributed by atoms with van der Waals surface area (Å²) < 4.78 is 12.9. The fourth-order valence-corrected chi connectivity index (χ4v) is 3.58. The van der Waals surface area contributed by atoms with Gasteiger partial charge in [0.2, 0.25) is 5.28 Å². The van der Waals surface area contributed by atoms with E-state index in [0.29, 0.717) is 6.54 Å². The Kier molecular flexibility index (Phi) is 4.27. The number of aryl methyl sites for hydroxylation is 2. The Morgan fingerprint density at radius 1 is 1.18 bits per heavy atom. The fourth-order valence-electron chi connectivity index (χ4n) is 2.33. The third kappa shape index (κ3) is 3.05. The first-order chi connectivity index (χ1) is 10.5. The molecule has 3 rings (SSSR count). The van der Waals surface area contributed by atoms with Crippen molar-refractivity contribution in [1.82, 2.24) is 9.97 Å². The quantitative estimate of drug-likeness (QED) is 0.699. The number of hydrogen-bond acceptors (Lipinski definition) is 4. The topological polar surface area (TPSA) is 37.8 Å². The van der Waals surface area contributed by atoms with Crippen LogP contribution in [-0.2, 0) is 6.42 Å². The molecule has 0 fully saturated rings. The molecule has 0 atom stereocenters. The average molecular weight is 336 g/mol. The van der Waals surface area contributed by atoms with Crippen molar-refractivity contribution in [2.75, 3.05) is 11.9 Å². The molecule has 3 nitrogen and oxygen atoms in total. The lowest BCUT2D eigenvalue weighted by molar-refractivity contribution is 0.627. The van der Waals surface area contributed by atoms with Gasteiger partial charge in [0, 0.05) is 11.4 Å². The first kappa shape index (κ1) is 15.2. The second kappa shape index (κ2) is 6.18. The molecule has 0 spiro atoms. The van der Waals surface area contributed by atoms with Crippen LogP contribution in [0.25, 0.3) is 10.2 Å². The van der Waals surface area contributed by atoms with E-state index in [0.717, 1.165) is 28.0 Å². The zero-order chi connectivity index (χ0) is 15.7. The number of anilines is 1. The van der Waals surface area contributed by atoms with Crippen LogP contribution < -0.4 is 5.32 Å². The lowest BCUT2D eigenvalue weighted by Crippen LogP contribution is -2.07. The zero-order valence-electron chi connectivity index (χ0n) is 12.3. The van der Waals surface area contributed by atoms with Gasteiger partial charge in [0.25, 0.3) is 0 Å². The molecule has 114 valence electrons. The van der Waals surface area contributed by atoms with E-state index in [-0.39, 0.29) is 11.1 Å². The Hall–Kier alpha value is -1.72. The molecular weight excluding hydrogens is 321 g/mol. The van der Waals surface area contributed by atoms with Crippen molar-refractivity contribution in [1.29, 1.82) is 0 Å². The van der Waals surface area contributed by atoms with Crippen molar-refractivity contribution in [3.05, 3.63) is 51.4 Å². The van der Waals surface area contributed by atoms with Gasteiger partial charge in [-0.2, -0.15) is 0 Å². The Morgan fingerprint density at radius 3 is 2.64 bits per heavy atom. The number of halogens is 2. The van der Waals surface area contributed by atoms with Gasteiger partial charge in [-0.25, -0.2) is 14.4 Å². The molecule has 0 unspecified atom stereocenters. The summed E-state index contributed by atoms with van der Waals surface area (Å²) in [5, 5.41) is 4.60. The minimum absolute atomic E-state index is 0.217. The number of aromatic nitrogens is 2. The van der Waals surface area contributed by atoms with Crippen molar-refractivity contribution >= 4 is 39.0 Å². The summed E-state index contributed by atoms with van der Waals surface area (Å²) in [4.78, 5) is 10.7. The SMILES string of the molecule is Cc1sc2nc(Cl)nc(NCCc3ccc(F)cc3)c2c1C. The Morgan fingerprint density at radius 2 is 1.91 bits per heavy atom. The second-order valence-electron chi connectivity index (χ2n) is 5.11. The normalized spacial score (nSPS) is 11.1. The van der Waals surface area contributed by atoms with Crippen LogP contribution >= 0.6 is 22.9 Å². The molecule has 3 aromatic rings. The summed E-state index contributed by atoms with van der Waals surface area (Å²) in [6.07, 6.45) is 0.783. The van der Waals surface area contributed by atoms with E-state index in [1.54, 1.807) is 23.5 Å². The molecule has 22 heavy (non-hydrogen) atoms. The number of hydrogen-bond donors (Lipinski definition) is 1. The van der Waals surface area contributed by atoms with E-state index < -0.39 is 0 Å². The summed E-state index contributed by atoms with van der Waals surface area (Å²) in [5.74, 6) is 0.546. The predicted molar refractivity (Wildman–Crippen MR) is 90.5 cm³/mol. The third-order valence-electron chi connectivity index (χ3n) is 3.62. The lowest BCUT2D eigenvalue weighted by Gasteiger charge is -2.08. The van der Waals surface area contributed by atoms with Gasteiger partial charge in [-0.3, -0.25) is 0 Å². The molecule has 0 radical (unpaired) electrons. The number of benzene rings is 1. The van der Waals surface area contributed by atoms with Crippen molar-refractivity contribution in [3.63, 3.8) is 0 Å². The maximum Gasteiger partial charge on any atom is 0.225 e. The highest BCUT2D eigenvalue weighted by Crippen LogP contribution is 2.33. The molecule has 0 saturated heterocycles. The van der Waals surface area contributed by atoms with Gasteiger partial charge in [0.15, 0.2) is 0 Å². The Labute approximate surface area is 137 Å². The highest BCUT2D eigenvalue weighted by atomic mass is 35.5. The number of rotatable bonds is 4. The average Bonchev–Trinajstić information content (AvgIpc) is 2.76. The smallest absolute Gasteiger partial charge is 0.225 e. The summed E-state index contributed by atoms with van der Waals surface area (Å²) in [6.45, 7) is 4.83. The standard InChI is InChI=1S/C16H15ClFN3S/c1-9-10(2)22-15-13(9)14(20-16(17)21-15)19-8-7-11-3-5-12(18)6-4-11/h3-6H,7-8H2,1-2H3,(H,19,20,21). The van der Waals surface area contributed by atoms with Gasteiger partial charge in [0.1, 0.15) is 16.5 Å². The molecule has 0 aliphatic heterocycles. The second-order valence-corrected chi connectivity index (χ2v) is 6.65. The largest absolute Gasteiger partial charge is 0.369 e. The monoisotopic (exact) mass is 335 g/mol. The van der Waals surface area contributed by atoms with Gasteiger partial charge in [-0.1, -0.05) is 12.1 Å². The van der Waals surface area contributed by atoms with Crippen LogP contribution in [0.4, 0.5) is 10.2 Å². The number of nitrogens with one attached hydrogen (secondary N) is 1. The van der Waals surface area contributed by atoms with E-state index >= 15 is 0 Å². The minimum atomic E-state index is -0.217. The molecule has 2 heterocycles. The first-order valence-electron chi connectivity index (χ1n) is 6.96. The Balaban J connectivity index is 1.80. The summed E-state index contributed by atoms with van der Waals surface area (Å²) >= 11 is 7.62. The molecule has 1 N–H and O–H groups in total. The van der Waals surface area contributed by atoms with Crippen LogP contribution in [0.3, 0.4) is 0 Å². The van der Waals surface area contributed by atoms with Crippen molar-refractivity contribution in [2.24, 2.45) is 0 Å². The third-order valence-corrected chi connectivity index (χ3v) is 4.89. The minimum Gasteiger partial charge on any atom is -0.369 e. The fraction of sp³-hybridized carbons (Fsp3) is 0.250. The summed E-state index contributed by atoms with van der Waals surface area (Å²) in [6, 6.07) is 6.53. The van der Waals surface area contributed by atoms with Crippen LogP contribution in [-0.4, -0.2) is 16.5 Å². The van der Waals surface area contributed by atoms with Crippen molar-refractivity contribution < 1.29 is 4.39 Å². The first-order valence-corrected chi connectivity index (χ1v) is 8.15. The van der Waals surface area contributed by atoms with Gasteiger partial charge in [0.05, 0.1) is 5.39 Å². The number of nitrogens with zero attached hydrogens (tertiary/aromatic N) is 2.